The fourth-order valence-corrected chi connectivity index (χ4v) is 2.85. The SMILES string of the molecule is CCNC(CCn1c(C)nc2c1CCCC2)C(=O)O. The highest BCUT2D eigenvalue weighted by Gasteiger charge is 2.20. The highest BCUT2D eigenvalue weighted by atomic mass is 16.4. The van der Waals surface area contributed by atoms with E-state index >= 15 is 0 Å². The Morgan fingerprint density at radius 1 is 1.47 bits per heavy atom. The van der Waals surface area contributed by atoms with Crippen molar-refractivity contribution >= 4 is 5.97 Å². The van der Waals surface area contributed by atoms with Crippen molar-refractivity contribution in [3.8, 4) is 0 Å². The number of carboxylic acids is 1. The summed E-state index contributed by atoms with van der Waals surface area (Å²) >= 11 is 0. The van der Waals surface area contributed by atoms with E-state index in [4.69, 9.17) is 5.11 Å². The molecular weight excluding hydrogens is 242 g/mol. The molecule has 1 unspecified atom stereocenters. The Morgan fingerprint density at radius 2 is 2.21 bits per heavy atom. The van der Waals surface area contributed by atoms with Crippen LogP contribution in [0.5, 0.6) is 0 Å². The van der Waals surface area contributed by atoms with Gasteiger partial charge < -0.3 is 15.0 Å². The molecule has 1 aliphatic rings. The third-order valence-corrected chi connectivity index (χ3v) is 3.81. The van der Waals surface area contributed by atoms with Crippen LogP contribution in [-0.2, 0) is 24.2 Å². The average molecular weight is 265 g/mol. The molecule has 1 aromatic rings. The molecule has 1 aliphatic carbocycles. The van der Waals surface area contributed by atoms with Gasteiger partial charge in [-0.05, 0) is 45.6 Å². The summed E-state index contributed by atoms with van der Waals surface area (Å²) in [6.07, 6.45) is 5.19. The predicted molar refractivity (Wildman–Crippen MR) is 73.3 cm³/mol. The van der Waals surface area contributed by atoms with Crippen molar-refractivity contribution in [2.75, 3.05) is 6.54 Å². The van der Waals surface area contributed by atoms with E-state index in [9.17, 15) is 4.79 Å². The maximum Gasteiger partial charge on any atom is 0.320 e. The molecule has 19 heavy (non-hydrogen) atoms. The smallest absolute Gasteiger partial charge is 0.320 e. The molecule has 0 amide bonds. The van der Waals surface area contributed by atoms with Gasteiger partial charge in [0.05, 0.1) is 5.69 Å². The number of hydrogen-bond acceptors (Lipinski definition) is 3. The molecule has 0 aromatic carbocycles. The number of likely N-dealkylation sites (N-methyl/N-ethyl adjacent to an activating group) is 1. The Kier molecular flexibility index (Phi) is 4.58. The van der Waals surface area contributed by atoms with Gasteiger partial charge >= 0.3 is 5.97 Å². The lowest BCUT2D eigenvalue weighted by Crippen LogP contribution is -2.37. The lowest BCUT2D eigenvalue weighted by molar-refractivity contribution is -0.139. The molecular formula is C14H23N3O2. The normalized spacial score (nSPS) is 16.1. The molecule has 0 radical (unpaired) electrons. The molecule has 0 saturated heterocycles. The zero-order valence-electron chi connectivity index (χ0n) is 11.8. The van der Waals surface area contributed by atoms with E-state index in [0.717, 1.165) is 25.2 Å². The summed E-state index contributed by atoms with van der Waals surface area (Å²) in [5.41, 5.74) is 2.54. The molecule has 0 aliphatic heterocycles. The van der Waals surface area contributed by atoms with E-state index in [2.05, 4.69) is 14.9 Å². The minimum atomic E-state index is -0.770. The zero-order chi connectivity index (χ0) is 13.8. The van der Waals surface area contributed by atoms with Crippen molar-refractivity contribution in [2.45, 2.75) is 58.5 Å². The number of rotatable bonds is 6. The summed E-state index contributed by atoms with van der Waals surface area (Å²) in [4.78, 5) is 15.8. The number of carboxylic acid groups (broad SMARTS) is 1. The number of imidazole rings is 1. The molecule has 0 fully saturated rings. The van der Waals surface area contributed by atoms with Gasteiger partial charge in [0.15, 0.2) is 0 Å². The second kappa shape index (κ2) is 6.19. The molecule has 0 bridgehead atoms. The number of hydrogen-bond donors (Lipinski definition) is 2. The van der Waals surface area contributed by atoms with Crippen LogP contribution in [0.15, 0.2) is 0 Å². The van der Waals surface area contributed by atoms with Crippen molar-refractivity contribution in [3.05, 3.63) is 17.2 Å². The Balaban J connectivity index is 2.06. The monoisotopic (exact) mass is 265 g/mol. The summed E-state index contributed by atoms with van der Waals surface area (Å²) in [6.45, 7) is 5.36. The molecule has 2 rings (SSSR count). The fraction of sp³-hybridized carbons (Fsp3) is 0.714. The first-order chi connectivity index (χ1) is 9.13. The van der Waals surface area contributed by atoms with Crippen molar-refractivity contribution < 1.29 is 9.90 Å². The van der Waals surface area contributed by atoms with Crippen molar-refractivity contribution in [1.82, 2.24) is 14.9 Å². The second-order valence-electron chi connectivity index (χ2n) is 5.15. The highest BCUT2D eigenvalue weighted by Crippen LogP contribution is 2.22. The molecule has 1 heterocycles. The molecule has 106 valence electrons. The molecule has 5 nitrogen and oxygen atoms in total. The number of aliphatic carboxylic acids is 1. The number of nitrogens with one attached hydrogen (secondary N) is 1. The van der Waals surface area contributed by atoms with Crippen LogP contribution < -0.4 is 5.32 Å². The lowest BCUT2D eigenvalue weighted by atomic mass is 10.0. The number of fused-ring (bicyclic) bond motifs is 1. The minimum absolute atomic E-state index is 0.467. The minimum Gasteiger partial charge on any atom is -0.480 e. The first-order valence-corrected chi connectivity index (χ1v) is 7.14. The number of aryl methyl sites for hydroxylation is 2. The summed E-state index contributed by atoms with van der Waals surface area (Å²) in [7, 11) is 0. The molecule has 2 N–H and O–H groups in total. The maximum atomic E-state index is 11.1. The van der Waals surface area contributed by atoms with Gasteiger partial charge in [0.2, 0.25) is 0 Å². The zero-order valence-corrected chi connectivity index (χ0v) is 11.8. The van der Waals surface area contributed by atoms with Gasteiger partial charge in [-0.1, -0.05) is 6.92 Å². The third-order valence-electron chi connectivity index (χ3n) is 3.81. The van der Waals surface area contributed by atoms with E-state index in [1.54, 1.807) is 0 Å². The highest BCUT2D eigenvalue weighted by molar-refractivity contribution is 5.73. The van der Waals surface area contributed by atoms with Gasteiger partial charge in [-0.2, -0.15) is 0 Å². The van der Waals surface area contributed by atoms with Gasteiger partial charge in [0, 0.05) is 12.2 Å². The van der Waals surface area contributed by atoms with E-state index in [1.165, 1.54) is 24.2 Å². The Labute approximate surface area is 114 Å². The van der Waals surface area contributed by atoms with Crippen LogP contribution in [0.25, 0.3) is 0 Å². The lowest BCUT2D eigenvalue weighted by Gasteiger charge is -2.17. The third kappa shape index (κ3) is 3.15. The van der Waals surface area contributed by atoms with E-state index in [1.807, 2.05) is 13.8 Å². The second-order valence-corrected chi connectivity index (χ2v) is 5.15. The van der Waals surface area contributed by atoms with Crippen molar-refractivity contribution in [2.24, 2.45) is 0 Å². The molecule has 1 aromatic heterocycles. The summed E-state index contributed by atoms with van der Waals surface area (Å²) in [5, 5.41) is 12.2. The first-order valence-electron chi connectivity index (χ1n) is 7.14. The molecule has 0 spiro atoms. The van der Waals surface area contributed by atoms with Crippen LogP contribution in [0.3, 0.4) is 0 Å². The predicted octanol–water partition coefficient (Wildman–Crippen LogP) is 1.52. The maximum absolute atomic E-state index is 11.1. The van der Waals surface area contributed by atoms with Gasteiger partial charge in [-0.25, -0.2) is 4.98 Å². The Morgan fingerprint density at radius 3 is 2.89 bits per heavy atom. The Hall–Kier alpha value is -1.36. The van der Waals surface area contributed by atoms with Crippen LogP contribution in [0.4, 0.5) is 0 Å². The van der Waals surface area contributed by atoms with E-state index in [-0.39, 0.29) is 0 Å². The number of carbonyl (C=O) groups is 1. The quantitative estimate of drug-likeness (QED) is 0.818. The average Bonchev–Trinajstić information content (AvgIpc) is 2.70. The first kappa shape index (κ1) is 14.1. The van der Waals surface area contributed by atoms with Gasteiger partial charge in [0.1, 0.15) is 11.9 Å². The number of aromatic nitrogens is 2. The standard InChI is InChI=1S/C14H23N3O2/c1-3-15-12(14(18)19)8-9-17-10(2)16-11-6-4-5-7-13(11)17/h12,15H,3-9H2,1-2H3,(H,18,19). The van der Waals surface area contributed by atoms with Crippen molar-refractivity contribution in [3.63, 3.8) is 0 Å². The van der Waals surface area contributed by atoms with Crippen LogP contribution in [0, 0.1) is 6.92 Å². The molecule has 0 saturated carbocycles. The van der Waals surface area contributed by atoms with Crippen LogP contribution >= 0.6 is 0 Å². The summed E-state index contributed by atoms with van der Waals surface area (Å²) in [6, 6.07) is -0.467. The Bertz CT molecular complexity index is 454. The van der Waals surface area contributed by atoms with E-state index in [0.29, 0.717) is 13.0 Å². The van der Waals surface area contributed by atoms with Crippen LogP contribution in [-0.4, -0.2) is 33.2 Å². The molecule has 5 heteroatoms. The molecule has 1 atom stereocenters. The van der Waals surface area contributed by atoms with E-state index < -0.39 is 12.0 Å². The summed E-state index contributed by atoms with van der Waals surface area (Å²) < 4.78 is 2.21. The topological polar surface area (TPSA) is 67.2 Å². The van der Waals surface area contributed by atoms with Crippen molar-refractivity contribution in [1.29, 1.82) is 0 Å². The van der Waals surface area contributed by atoms with Crippen LogP contribution in [0.2, 0.25) is 0 Å². The largest absolute Gasteiger partial charge is 0.480 e. The van der Waals surface area contributed by atoms with Crippen LogP contribution in [0.1, 0.15) is 43.4 Å². The van der Waals surface area contributed by atoms with Gasteiger partial charge in [0.25, 0.3) is 0 Å². The van der Waals surface area contributed by atoms with Gasteiger partial charge in [-0.15, -0.1) is 0 Å². The summed E-state index contributed by atoms with van der Waals surface area (Å²) in [5.74, 6) is 0.251. The fourth-order valence-electron chi connectivity index (χ4n) is 2.85. The van der Waals surface area contributed by atoms with Gasteiger partial charge in [-0.3, -0.25) is 4.79 Å². The number of nitrogens with zero attached hydrogens (tertiary/aromatic N) is 2.